The van der Waals surface area contributed by atoms with E-state index in [-0.39, 0.29) is 0 Å². The zero-order valence-corrected chi connectivity index (χ0v) is 11.7. The smallest absolute Gasteiger partial charge is 0.115 e. The number of benzene rings is 1. The van der Waals surface area contributed by atoms with Gasteiger partial charge in [-0.05, 0) is 40.5 Å². The van der Waals surface area contributed by atoms with E-state index in [1.54, 1.807) is 18.0 Å². The molecule has 0 aliphatic rings. The number of aryl methyl sites for hydroxylation is 1. The first-order chi connectivity index (χ1) is 7.66. The van der Waals surface area contributed by atoms with Gasteiger partial charge >= 0.3 is 0 Å². The molecular formula is C12H9BrClNS. The first kappa shape index (κ1) is 12.0. The molecule has 0 unspecified atom stereocenters. The summed E-state index contributed by atoms with van der Waals surface area (Å²) in [5.41, 5.74) is 1.25. The van der Waals surface area contributed by atoms with Crippen molar-refractivity contribution in [2.24, 2.45) is 0 Å². The van der Waals surface area contributed by atoms with Crippen molar-refractivity contribution in [2.45, 2.75) is 16.8 Å². The van der Waals surface area contributed by atoms with Crippen LogP contribution in [0.3, 0.4) is 0 Å². The summed E-state index contributed by atoms with van der Waals surface area (Å²) in [6, 6.07) is 10.1. The average molecular weight is 315 g/mol. The normalized spacial score (nSPS) is 10.4. The third kappa shape index (κ3) is 2.78. The molecule has 0 aliphatic heterocycles. The minimum Gasteiger partial charge on any atom is -0.247 e. The molecule has 0 fully saturated rings. The van der Waals surface area contributed by atoms with E-state index < -0.39 is 0 Å². The van der Waals surface area contributed by atoms with Gasteiger partial charge in [0.05, 0.1) is 9.50 Å². The molecule has 0 spiro atoms. The van der Waals surface area contributed by atoms with Crippen LogP contribution in [0.1, 0.15) is 5.56 Å². The summed E-state index contributed by atoms with van der Waals surface area (Å²) in [5.74, 6) is 0. The fourth-order valence-electron chi connectivity index (χ4n) is 1.25. The van der Waals surface area contributed by atoms with Crippen LogP contribution in [-0.4, -0.2) is 4.98 Å². The van der Waals surface area contributed by atoms with Crippen LogP contribution in [0, 0.1) is 6.92 Å². The number of aromatic nitrogens is 1. The largest absolute Gasteiger partial charge is 0.247 e. The monoisotopic (exact) mass is 313 g/mol. The van der Waals surface area contributed by atoms with Crippen molar-refractivity contribution in [1.29, 1.82) is 0 Å². The highest BCUT2D eigenvalue weighted by molar-refractivity contribution is 9.10. The Morgan fingerprint density at radius 3 is 2.75 bits per heavy atom. The highest BCUT2D eigenvalue weighted by Crippen LogP contribution is 2.34. The van der Waals surface area contributed by atoms with Crippen molar-refractivity contribution in [1.82, 2.24) is 4.98 Å². The van der Waals surface area contributed by atoms with Crippen LogP contribution < -0.4 is 0 Å². The molecule has 0 aliphatic carbocycles. The second kappa shape index (κ2) is 5.21. The molecule has 0 amide bonds. The Morgan fingerprint density at radius 2 is 2.06 bits per heavy atom. The van der Waals surface area contributed by atoms with E-state index >= 15 is 0 Å². The van der Waals surface area contributed by atoms with Crippen LogP contribution in [0.2, 0.25) is 5.02 Å². The number of hydrogen-bond acceptors (Lipinski definition) is 2. The van der Waals surface area contributed by atoms with Gasteiger partial charge in [-0.3, -0.25) is 0 Å². The van der Waals surface area contributed by atoms with Crippen molar-refractivity contribution < 1.29 is 0 Å². The molecule has 0 radical (unpaired) electrons. The molecule has 1 aromatic heterocycles. The topological polar surface area (TPSA) is 12.9 Å². The van der Waals surface area contributed by atoms with Crippen LogP contribution in [-0.2, 0) is 0 Å². The molecule has 1 nitrogen and oxygen atoms in total. The van der Waals surface area contributed by atoms with Gasteiger partial charge < -0.3 is 0 Å². The standard InChI is InChI=1S/C12H9BrClNS/c1-8-4-2-3-5-11(8)16-12-10(13)6-9(14)7-15-12/h2-7H,1H3. The molecule has 1 heterocycles. The third-order valence-electron chi connectivity index (χ3n) is 2.07. The van der Waals surface area contributed by atoms with Crippen LogP contribution in [0.5, 0.6) is 0 Å². The van der Waals surface area contributed by atoms with Crippen molar-refractivity contribution in [2.75, 3.05) is 0 Å². The lowest BCUT2D eigenvalue weighted by atomic mass is 10.2. The molecular weight excluding hydrogens is 306 g/mol. The van der Waals surface area contributed by atoms with E-state index in [0.29, 0.717) is 5.02 Å². The summed E-state index contributed by atoms with van der Waals surface area (Å²) in [7, 11) is 0. The third-order valence-corrected chi connectivity index (χ3v) is 4.34. The number of halogens is 2. The summed E-state index contributed by atoms with van der Waals surface area (Å²) >= 11 is 10.9. The summed E-state index contributed by atoms with van der Waals surface area (Å²) in [4.78, 5) is 5.50. The number of rotatable bonds is 2. The molecule has 1 aromatic carbocycles. The lowest BCUT2D eigenvalue weighted by Gasteiger charge is -2.06. The van der Waals surface area contributed by atoms with Gasteiger partial charge in [-0.15, -0.1) is 0 Å². The summed E-state index contributed by atoms with van der Waals surface area (Å²) in [5, 5.41) is 1.57. The molecule has 2 aromatic rings. The van der Waals surface area contributed by atoms with Gasteiger partial charge in [0.2, 0.25) is 0 Å². The number of pyridine rings is 1. The van der Waals surface area contributed by atoms with Gasteiger partial charge in [-0.1, -0.05) is 41.6 Å². The molecule has 82 valence electrons. The fourth-order valence-corrected chi connectivity index (χ4v) is 2.98. The summed E-state index contributed by atoms with van der Waals surface area (Å²) in [6.07, 6.45) is 1.66. The zero-order chi connectivity index (χ0) is 11.5. The van der Waals surface area contributed by atoms with Crippen molar-refractivity contribution in [3.05, 3.63) is 51.6 Å². The lowest BCUT2D eigenvalue weighted by Crippen LogP contribution is -1.84. The van der Waals surface area contributed by atoms with Gasteiger partial charge in [0.25, 0.3) is 0 Å². The van der Waals surface area contributed by atoms with Crippen molar-refractivity contribution >= 4 is 39.3 Å². The van der Waals surface area contributed by atoms with Gasteiger partial charge in [0.15, 0.2) is 0 Å². The Bertz CT molecular complexity index is 516. The van der Waals surface area contributed by atoms with Crippen LogP contribution in [0.4, 0.5) is 0 Å². The van der Waals surface area contributed by atoms with E-state index in [4.69, 9.17) is 11.6 Å². The van der Waals surface area contributed by atoms with Crippen LogP contribution in [0.15, 0.2) is 50.9 Å². The molecule has 0 atom stereocenters. The minimum absolute atomic E-state index is 0.640. The molecule has 0 saturated heterocycles. The molecule has 0 bridgehead atoms. The predicted molar refractivity (Wildman–Crippen MR) is 72.2 cm³/mol. The first-order valence-corrected chi connectivity index (χ1v) is 6.70. The molecule has 2 rings (SSSR count). The van der Waals surface area contributed by atoms with Gasteiger partial charge in [-0.25, -0.2) is 4.98 Å². The maximum Gasteiger partial charge on any atom is 0.115 e. The van der Waals surface area contributed by atoms with E-state index in [1.165, 1.54) is 10.5 Å². The maximum absolute atomic E-state index is 5.85. The van der Waals surface area contributed by atoms with E-state index in [0.717, 1.165) is 9.50 Å². The first-order valence-electron chi connectivity index (χ1n) is 4.71. The van der Waals surface area contributed by atoms with Gasteiger partial charge in [-0.2, -0.15) is 0 Å². The molecule has 16 heavy (non-hydrogen) atoms. The average Bonchev–Trinajstić information content (AvgIpc) is 2.25. The molecule has 4 heteroatoms. The fraction of sp³-hybridized carbons (Fsp3) is 0.0833. The Labute approximate surface area is 112 Å². The van der Waals surface area contributed by atoms with Gasteiger partial charge in [0, 0.05) is 11.1 Å². The second-order valence-corrected chi connectivity index (χ2v) is 5.63. The predicted octanol–water partition coefficient (Wildman–Crippen LogP) is 4.96. The quantitative estimate of drug-likeness (QED) is 0.777. The minimum atomic E-state index is 0.640. The van der Waals surface area contributed by atoms with Crippen molar-refractivity contribution in [3.63, 3.8) is 0 Å². The van der Waals surface area contributed by atoms with Crippen molar-refractivity contribution in [3.8, 4) is 0 Å². The van der Waals surface area contributed by atoms with Crippen LogP contribution >= 0.6 is 39.3 Å². The maximum atomic E-state index is 5.85. The van der Waals surface area contributed by atoms with E-state index in [1.807, 2.05) is 18.2 Å². The second-order valence-electron chi connectivity index (χ2n) is 3.31. The Morgan fingerprint density at radius 1 is 1.31 bits per heavy atom. The molecule has 0 saturated carbocycles. The Kier molecular flexibility index (Phi) is 3.90. The highest BCUT2D eigenvalue weighted by Gasteiger charge is 2.06. The van der Waals surface area contributed by atoms with Gasteiger partial charge in [0.1, 0.15) is 5.03 Å². The highest BCUT2D eigenvalue weighted by atomic mass is 79.9. The number of hydrogen-bond donors (Lipinski definition) is 0. The SMILES string of the molecule is Cc1ccccc1Sc1ncc(Cl)cc1Br. The Hall–Kier alpha value is -0.510. The lowest BCUT2D eigenvalue weighted by molar-refractivity contribution is 1.10. The number of nitrogens with zero attached hydrogens (tertiary/aromatic N) is 1. The Balaban J connectivity index is 2.31. The molecule has 0 N–H and O–H groups in total. The zero-order valence-electron chi connectivity index (χ0n) is 8.58. The van der Waals surface area contributed by atoms with Crippen LogP contribution in [0.25, 0.3) is 0 Å². The van der Waals surface area contributed by atoms with E-state index in [9.17, 15) is 0 Å². The van der Waals surface area contributed by atoms with E-state index in [2.05, 4.69) is 40.0 Å². The summed E-state index contributed by atoms with van der Waals surface area (Å²) < 4.78 is 0.924. The summed E-state index contributed by atoms with van der Waals surface area (Å²) in [6.45, 7) is 2.09.